The van der Waals surface area contributed by atoms with E-state index in [1.54, 1.807) is 6.92 Å². The van der Waals surface area contributed by atoms with Crippen molar-refractivity contribution in [3.63, 3.8) is 0 Å². The molecule has 0 amide bonds. The first-order valence-electron chi connectivity index (χ1n) is 6.40. The minimum absolute atomic E-state index is 0.0445. The zero-order chi connectivity index (χ0) is 13.3. The monoisotopic (exact) mass is 271 g/mol. The predicted octanol–water partition coefficient (Wildman–Crippen LogP) is 1.82. The quantitative estimate of drug-likeness (QED) is 0.880. The molecule has 1 aliphatic rings. The van der Waals surface area contributed by atoms with Crippen LogP contribution in [0.2, 0.25) is 0 Å². The predicted molar refractivity (Wildman–Crippen MR) is 69.6 cm³/mol. The summed E-state index contributed by atoms with van der Waals surface area (Å²) in [5.41, 5.74) is 0.583. The Morgan fingerprint density at radius 1 is 1.28 bits per heavy atom. The van der Waals surface area contributed by atoms with Crippen LogP contribution >= 0.6 is 0 Å². The molecule has 0 aromatic carbocycles. The molecule has 1 saturated carbocycles. The smallest absolute Gasteiger partial charge is 0.244 e. The van der Waals surface area contributed by atoms with Gasteiger partial charge in [-0.2, -0.15) is 5.10 Å². The third kappa shape index (κ3) is 2.92. The zero-order valence-corrected chi connectivity index (χ0v) is 11.9. The molecule has 2 atom stereocenters. The summed E-state index contributed by atoms with van der Waals surface area (Å²) >= 11 is 0. The van der Waals surface area contributed by atoms with Gasteiger partial charge in [0, 0.05) is 6.04 Å². The highest BCUT2D eigenvalue weighted by atomic mass is 32.2. The molecule has 1 heterocycles. The van der Waals surface area contributed by atoms with Gasteiger partial charge in [-0.05, 0) is 38.0 Å². The normalized spacial score (nSPS) is 29.4. The molecule has 0 radical (unpaired) electrons. The van der Waals surface area contributed by atoms with Crippen LogP contribution in [-0.4, -0.2) is 24.7 Å². The van der Waals surface area contributed by atoms with E-state index in [4.69, 9.17) is 0 Å². The highest BCUT2D eigenvalue weighted by molar-refractivity contribution is 7.89. The molecule has 2 N–H and O–H groups in total. The van der Waals surface area contributed by atoms with E-state index in [0.29, 0.717) is 17.5 Å². The molecule has 1 fully saturated rings. The Morgan fingerprint density at radius 3 is 2.39 bits per heavy atom. The van der Waals surface area contributed by atoms with Crippen LogP contribution in [0.5, 0.6) is 0 Å². The maximum Gasteiger partial charge on any atom is 0.244 e. The van der Waals surface area contributed by atoms with Gasteiger partial charge in [0.2, 0.25) is 10.0 Å². The molecule has 0 spiro atoms. The summed E-state index contributed by atoms with van der Waals surface area (Å²) in [7, 11) is -3.44. The molecule has 0 aliphatic heterocycles. The van der Waals surface area contributed by atoms with Crippen LogP contribution < -0.4 is 4.72 Å². The molecule has 6 heteroatoms. The van der Waals surface area contributed by atoms with E-state index in [-0.39, 0.29) is 10.9 Å². The average molecular weight is 271 g/mol. The summed E-state index contributed by atoms with van der Waals surface area (Å²) in [6, 6.07) is 0.0445. The number of hydrogen-bond acceptors (Lipinski definition) is 3. The first-order valence-corrected chi connectivity index (χ1v) is 7.89. The molecule has 2 rings (SSSR count). The summed E-state index contributed by atoms with van der Waals surface area (Å²) in [6.07, 6.45) is 4.39. The van der Waals surface area contributed by atoms with Crippen LogP contribution in [-0.2, 0) is 10.0 Å². The summed E-state index contributed by atoms with van der Waals surface area (Å²) in [6.45, 7) is 6.08. The lowest BCUT2D eigenvalue weighted by Gasteiger charge is -2.31. The van der Waals surface area contributed by atoms with Crippen LogP contribution in [0.1, 0.15) is 38.8 Å². The first kappa shape index (κ1) is 13.5. The number of nitrogens with zero attached hydrogens (tertiary/aromatic N) is 1. The summed E-state index contributed by atoms with van der Waals surface area (Å²) < 4.78 is 27.3. The lowest BCUT2D eigenvalue weighted by atomic mass is 9.81. The van der Waals surface area contributed by atoms with Crippen molar-refractivity contribution in [3.05, 3.63) is 11.9 Å². The average Bonchev–Trinajstić information content (AvgIpc) is 2.62. The minimum Gasteiger partial charge on any atom is -0.281 e. The van der Waals surface area contributed by atoms with E-state index in [0.717, 1.165) is 12.8 Å². The van der Waals surface area contributed by atoms with E-state index in [9.17, 15) is 8.42 Å². The number of aromatic amines is 1. The number of rotatable bonds is 3. The van der Waals surface area contributed by atoms with E-state index in [1.807, 2.05) is 0 Å². The number of hydrogen-bond donors (Lipinski definition) is 2. The Balaban J connectivity index is 2.11. The highest BCUT2D eigenvalue weighted by Crippen LogP contribution is 2.29. The lowest BCUT2D eigenvalue weighted by Crippen LogP contribution is -2.40. The maximum atomic E-state index is 12.2. The molecule has 5 nitrogen and oxygen atoms in total. The van der Waals surface area contributed by atoms with Crippen molar-refractivity contribution in [2.45, 2.75) is 51.0 Å². The number of nitrogens with one attached hydrogen (secondary N) is 2. The number of aryl methyl sites for hydroxylation is 1. The van der Waals surface area contributed by atoms with Gasteiger partial charge in [-0.1, -0.05) is 13.8 Å². The Morgan fingerprint density at radius 2 is 1.89 bits per heavy atom. The Kier molecular flexibility index (Phi) is 3.77. The summed E-state index contributed by atoms with van der Waals surface area (Å²) in [5, 5.41) is 6.43. The van der Waals surface area contributed by atoms with Gasteiger partial charge in [0.05, 0.1) is 11.9 Å². The van der Waals surface area contributed by atoms with Crippen LogP contribution in [0, 0.1) is 18.8 Å². The molecule has 0 bridgehead atoms. The van der Waals surface area contributed by atoms with E-state index >= 15 is 0 Å². The zero-order valence-electron chi connectivity index (χ0n) is 11.1. The summed E-state index contributed by atoms with van der Waals surface area (Å²) in [4.78, 5) is 0.258. The van der Waals surface area contributed by atoms with E-state index in [2.05, 4.69) is 28.8 Å². The molecular formula is C12H21N3O2S. The van der Waals surface area contributed by atoms with Crippen molar-refractivity contribution < 1.29 is 8.42 Å². The summed E-state index contributed by atoms with van der Waals surface area (Å²) in [5.74, 6) is 1.15. The molecule has 0 saturated heterocycles. The van der Waals surface area contributed by atoms with Crippen LogP contribution in [0.15, 0.2) is 11.1 Å². The fourth-order valence-electron chi connectivity index (χ4n) is 2.94. The lowest BCUT2D eigenvalue weighted by molar-refractivity contribution is 0.257. The van der Waals surface area contributed by atoms with Gasteiger partial charge in [-0.3, -0.25) is 5.10 Å². The third-order valence-electron chi connectivity index (χ3n) is 3.57. The van der Waals surface area contributed by atoms with Gasteiger partial charge in [0.1, 0.15) is 4.90 Å². The van der Waals surface area contributed by atoms with Crippen molar-refractivity contribution >= 4 is 10.0 Å². The van der Waals surface area contributed by atoms with Crippen LogP contribution in [0.3, 0.4) is 0 Å². The second kappa shape index (κ2) is 5.01. The topological polar surface area (TPSA) is 74.8 Å². The van der Waals surface area contributed by atoms with Crippen LogP contribution in [0.25, 0.3) is 0 Å². The Bertz CT molecular complexity index is 499. The number of aromatic nitrogens is 2. The van der Waals surface area contributed by atoms with Crippen LogP contribution in [0.4, 0.5) is 0 Å². The van der Waals surface area contributed by atoms with Gasteiger partial charge < -0.3 is 0 Å². The highest BCUT2D eigenvalue weighted by Gasteiger charge is 2.29. The maximum absolute atomic E-state index is 12.2. The second-order valence-corrected chi connectivity index (χ2v) is 7.28. The molecule has 102 valence electrons. The third-order valence-corrected chi connectivity index (χ3v) is 5.21. The molecule has 1 aromatic heterocycles. The van der Waals surface area contributed by atoms with Crippen molar-refractivity contribution in [2.24, 2.45) is 11.8 Å². The van der Waals surface area contributed by atoms with Gasteiger partial charge >= 0.3 is 0 Å². The molecule has 2 unspecified atom stereocenters. The second-order valence-electron chi connectivity index (χ2n) is 5.59. The number of H-pyrrole nitrogens is 1. The van der Waals surface area contributed by atoms with E-state index in [1.165, 1.54) is 12.6 Å². The Labute approximate surface area is 108 Å². The van der Waals surface area contributed by atoms with Crippen molar-refractivity contribution in [3.8, 4) is 0 Å². The minimum atomic E-state index is -3.44. The van der Waals surface area contributed by atoms with Gasteiger partial charge in [0.25, 0.3) is 0 Å². The van der Waals surface area contributed by atoms with Gasteiger partial charge in [0.15, 0.2) is 0 Å². The Hall–Kier alpha value is -0.880. The SMILES string of the molecule is Cc1[nH]ncc1S(=O)(=O)NC1CC(C)CC(C)C1. The van der Waals surface area contributed by atoms with Gasteiger partial charge in [-0.15, -0.1) is 0 Å². The van der Waals surface area contributed by atoms with E-state index < -0.39 is 10.0 Å². The molecule has 1 aromatic rings. The fourth-order valence-corrected chi connectivity index (χ4v) is 4.34. The largest absolute Gasteiger partial charge is 0.281 e. The van der Waals surface area contributed by atoms with Crippen molar-refractivity contribution in [1.29, 1.82) is 0 Å². The standard InChI is InChI=1S/C12H21N3O2S/c1-8-4-9(2)6-11(5-8)15-18(16,17)12-7-13-14-10(12)3/h7-9,11,15H,4-6H2,1-3H3,(H,13,14). The van der Waals surface area contributed by atoms with Crippen molar-refractivity contribution in [1.82, 2.24) is 14.9 Å². The molecular weight excluding hydrogens is 250 g/mol. The first-order chi connectivity index (χ1) is 8.38. The number of sulfonamides is 1. The fraction of sp³-hybridized carbons (Fsp3) is 0.750. The van der Waals surface area contributed by atoms with Gasteiger partial charge in [-0.25, -0.2) is 13.1 Å². The van der Waals surface area contributed by atoms with Crippen molar-refractivity contribution in [2.75, 3.05) is 0 Å². The molecule has 18 heavy (non-hydrogen) atoms. The molecule has 1 aliphatic carbocycles.